The van der Waals surface area contributed by atoms with Crippen molar-refractivity contribution in [3.8, 4) is 0 Å². The Hall–Kier alpha value is -1.22. The van der Waals surface area contributed by atoms with Gasteiger partial charge in [-0.1, -0.05) is 18.5 Å². The Morgan fingerprint density at radius 3 is 2.78 bits per heavy atom. The lowest BCUT2D eigenvalue weighted by atomic mass is 9.94. The molecule has 0 aliphatic carbocycles. The summed E-state index contributed by atoms with van der Waals surface area (Å²) in [5.41, 5.74) is 6.89. The summed E-state index contributed by atoms with van der Waals surface area (Å²) in [5.74, 6) is 0.571. The molecule has 1 aromatic carbocycles. The molecule has 1 saturated heterocycles. The number of anilines is 1. The molecule has 1 heterocycles. The van der Waals surface area contributed by atoms with Crippen LogP contribution in [0.2, 0.25) is 5.02 Å². The van der Waals surface area contributed by atoms with E-state index < -0.39 is 0 Å². The molecule has 1 amide bonds. The first kappa shape index (κ1) is 13.2. The van der Waals surface area contributed by atoms with Gasteiger partial charge in [-0.3, -0.25) is 4.79 Å². The molecule has 0 saturated carbocycles. The molecule has 0 bridgehead atoms. The SMILES string of the molecule is CC1CCC(C)N(C(=O)c2ccc(Cl)cc2N)C1. The number of carbonyl (C=O) groups is 1. The van der Waals surface area contributed by atoms with E-state index in [9.17, 15) is 4.79 Å². The highest BCUT2D eigenvalue weighted by atomic mass is 35.5. The molecule has 0 radical (unpaired) electrons. The molecule has 98 valence electrons. The van der Waals surface area contributed by atoms with Crippen LogP contribution in [-0.2, 0) is 0 Å². The Bertz CT molecular complexity index is 461. The van der Waals surface area contributed by atoms with Crippen LogP contribution in [0.3, 0.4) is 0 Å². The van der Waals surface area contributed by atoms with E-state index in [2.05, 4.69) is 13.8 Å². The maximum absolute atomic E-state index is 12.5. The lowest BCUT2D eigenvalue weighted by molar-refractivity contribution is 0.0575. The van der Waals surface area contributed by atoms with Crippen LogP contribution in [0.1, 0.15) is 37.0 Å². The Morgan fingerprint density at radius 2 is 2.11 bits per heavy atom. The van der Waals surface area contributed by atoms with Crippen molar-refractivity contribution in [1.29, 1.82) is 0 Å². The normalized spacial score (nSPS) is 24.1. The maximum Gasteiger partial charge on any atom is 0.256 e. The van der Waals surface area contributed by atoms with Crippen molar-refractivity contribution in [2.75, 3.05) is 12.3 Å². The molecular weight excluding hydrogens is 248 g/mol. The Morgan fingerprint density at radius 1 is 1.39 bits per heavy atom. The van der Waals surface area contributed by atoms with E-state index in [4.69, 9.17) is 17.3 Å². The molecule has 2 N–H and O–H groups in total. The van der Waals surface area contributed by atoms with Gasteiger partial charge >= 0.3 is 0 Å². The van der Waals surface area contributed by atoms with E-state index in [1.807, 2.05) is 4.90 Å². The lowest BCUT2D eigenvalue weighted by Crippen LogP contribution is -2.45. The second-order valence-corrected chi connectivity index (χ2v) is 5.66. The van der Waals surface area contributed by atoms with Gasteiger partial charge in [0.1, 0.15) is 0 Å². The zero-order valence-electron chi connectivity index (χ0n) is 10.8. The van der Waals surface area contributed by atoms with Gasteiger partial charge in [0.05, 0.1) is 5.56 Å². The molecule has 3 nitrogen and oxygen atoms in total. The van der Waals surface area contributed by atoms with Gasteiger partial charge in [-0.2, -0.15) is 0 Å². The van der Waals surface area contributed by atoms with Crippen LogP contribution in [0.15, 0.2) is 18.2 Å². The molecule has 0 spiro atoms. The van der Waals surface area contributed by atoms with E-state index >= 15 is 0 Å². The van der Waals surface area contributed by atoms with E-state index in [0.717, 1.165) is 13.0 Å². The number of nitrogens with two attached hydrogens (primary N) is 1. The fraction of sp³-hybridized carbons (Fsp3) is 0.500. The fourth-order valence-electron chi connectivity index (χ4n) is 2.45. The molecule has 2 unspecified atom stereocenters. The first-order valence-corrected chi connectivity index (χ1v) is 6.73. The third-order valence-electron chi connectivity index (χ3n) is 3.62. The average molecular weight is 267 g/mol. The van der Waals surface area contributed by atoms with Gasteiger partial charge in [-0.05, 0) is 43.9 Å². The minimum atomic E-state index is 0.0169. The molecular formula is C14H19ClN2O. The van der Waals surface area contributed by atoms with Gasteiger partial charge in [-0.25, -0.2) is 0 Å². The molecule has 0 aromatic heterocycles. The summed E-state index contributed by atoms with van der Waals surface area (Å²) in [6.45, 7) is 5.08. The van der Waals surface area contributed by atoms with Crippen molar-refractivity contribution in [2.45, 2.75) is 32.7 Å². The molecule has 2 atom stereocenters. The number of amides is 1. The van der Waals surface area contributed by atoms with Gasteiger partial charge < -0.3 is 10.6 Å². The summed E-state index contributed by atoms with van der Waals surface area (Å²) in [6.07, 6.45) is 2.24. The Balaban J connectivity index is 2.24. The zero-order valence-corrected chi connectivity index (χ0v) is 11.6. The van der Waals surface area contributed by atoms with Crippen molar-refractivity contribution in [3.63, 3.8) is 0 Å². The Kier molecular flexibility index (Phi) is 3.81. The Labute approximate surface area is 113 Å². The summed E-state index contributed by atoms with van der Waals surface area (Å²) in [5, 5.41) is 0.559. The van der Waals surface area contributed by atoms with E-state index in [-0.39, 0.29) is 11.9 Å². The van der Waals surface area contributed by atoms with Crippen molar-refractivity contribution in [3.05, 3.63) is 28.8 Å². The number of hydrogen-bond donors (Lipinski definition) is 1. The molecule has 2 rings (SSSR count). The fourth-order valence-corrected chi connectivity index (χ4v) is 2.64. The van der Waals surface area contributed by atoms with Gasteiger partial charge in [0.25, 0.3) is 5.91 Å². The van der Waals surface area contributed by atoms with Crippen LogP contribution in [0, 0.1) is 5.92 Å². The molecule has 1 aromatic rings. The number of benzene rings is 1. The van der Waals surface area contributed by atoms with Crippen LogP contribution in [0.4, 0.5) is 5.69 Å². The monoisotopic (exact) mass is 266 g/mol. The highest BCUT2D eigenvalue weighted by molar-refractivity contribution is 6.31. The van der Waals surface area contributed by atoms with E-state index in [1.54, 1.807) is 18.2 Å². The summed E-state index contributed by atoms with van der Waals surface area (Å²) >= 11 is 5.85. The molecule has 1 aliphatic heterocycles. The maximum atomic E-state index is 12.5. The van der Waals surface area contributed by atoms with Crippen molar-refractivity contribution in [2.24, 2.45) is 5.92 Å². The number of likely N-dealkylation sites (tertiary alicyclic amines) is 1. The number of rotatable bonds is 1. The molecule has 4 heteroatoms. The highest BCUT2D eigenvalue weighted by Gasteiger charge is 2.28. The second kappa shape index (κ2) is 5.19. The van der Waals surface area contributed by atoms with Crippen LogP contribution >= 0.6 is 11.6 Å². The van der Waals surface area contributed by atoms with Gasteiger partial charge in [-0.15, -0.1) is 0 Å². The quantitative estimate of drug-likeness (QED) is 0.794. The minimum absolute atomic E-state index is 0.0169. The first-order valence-electron chi connectivity index (χ1n) is 6.35. The van der Waals surface area contributed by atoms with Crippen molar-refractivity contribution >= 4 is 23.2 Å². The number of halogens is 1. The van der Waals surface area contributed by atoms with Crippen molar-refractivity contribution in [1.82, 2.24) is 4.90 Å². The van der Waals surface area contributed by atoms with E-state index in [0.29, 0.717) is 22.2 Å². The lowest BCUT2D eigenvalue weighted by Gasteiger charge is -2.37. The van der Waals surface area contributed by atoms with E-state index in [1.165, 1.54) is 6.42 Å². The third-order valence-corrected chi connectivity index (χ3v) is 3.86. The second-order valence-electron chi connectivity index (χ2n) is 5.22. The van der Waals surface area contributed by atoms with Crippen LogP contribution in [0.25, 0.3) is 0 Å². The number of hydrogen-bond acceptors (Lipinski definition) is 2. The summed E-state index contributed by atoms with van der Waals surface area (Å²) < 4.78 is 0. The number of piperidine rings is 1. The van der Waals surface area contributed by atoms with Crippen LogP contribution in [0.5, 0.6) is 0 Å². The molecule has 18 heavy (non-hydrogen) atoms. The third kappa shape index (κ3) is 2.61. The number of nitrogens with zero attached hydrogens (tertiary/aromatic N) is 1. The van der Waals surface area contributed by atoms with Gasteiger partial charge in [0, 0.05) is 23.3 Å². The largest absolute Gasteiger partial charge is 0.398 e. The van der Waals surface area contributed by atoms with Crippen LogP contribution < -0.4 is 5.73 Å². The predicted octanol–water partition coefficient (Wildman–Crippen LogP) is 3.18. The first-order chi connectivity index (χ1) is 8.49. The summed E-state index contributed by atoms with van der Waals surface area (Å²) in [6, 6.07) is 5.34. The zero-order chi connectivity index (χ0) is 13.3. The van der Waals surface area contributed by atoms with Crippen molar-refractivity contribution < 1.29 is 4.79 Å². The summed E-state index contributed by atoms with van der Waals surface area (Å²) in [7, 11) is 0. The van der Waals surface area contributed by atoms with Gasteiger partial charge in [0.15, 0.2) is 0 Å². The highest BCUT2D eigenvalue weighted by Crippen LogP contribution is 2.26. The minimum Gasteiger partial charge on any atom is -0.398 e. The smallest absolute Gasteiger partial charge is 0.256 e. The topological polar surface area (TPSA) is 46.3 Å². The van der Waals surface area contributed by atoms with Crippen LogP contribution in [-0.4, -0.2) is 23.4 Å². The standard InChI is InChI=1S/C14H19ClN2O/c1-9-3-4-10(2)17(8-9)14(18)12-6-5-11(15)7-13(12)16/h5-7,9-10H,3-4,8,16H2,1-2H3. The summed E-state index contributed by atoms with van der Waals surface area (Å²) in [4.78, 5) is 14.4. The average Bonchev–Trinajstić information content (AvgIpc) is 2.31. The van der Waals surface area contributed by atoms with Gasteiger partial charge in [0.2, 0.25) is 0 Å². The predicted molar refractivity (Wildman–Crippen MR) is 74.8 cm³/mol. The number of carbonyl (C=O) groups excluding carboxylic acids is 1. The number of nitrogen functional groups attached to an aromatic ring is 1. The molecule has 1 aliphatic rings. The molecule has 1 fully saturated rings.